The zero-order chi connectivity index (χ0) is 13.4. The summed E-state index contributed by atoms with van der Waals surface area (Å²) < 4.78 is 5.50. The Balaban J connectivity index is 2.06. The summed E-state index contributed by atoms with van der Waals surface area (Å²) in [5.41, 5.74) is 3.64. The molecule has 1 aliphatic rings. The van der Waals surface area contributed by atoms with Gasteiger partial charge in [0.05, 0.1) is 5.69 Å². The summed E-state index contributed by atoms with van der Waals surface area (Å²) in [5.74, 6) is 1.25. The van der Waals surface area contributed by atoms with Crippen molar-refractivity contribution in [2.45, 2.75) is 25.2 Å². The third-order valence-corrected chi connectivity index (χ3v) is 3.97. The van der Waals surface area contributed by atoms with Gasteiger partial charge in [-0.25, -0.2) is 0 Å². The molecule has 1 heterocycles. The van der Waals surface area contributed by atoms with Crippen LogP contribution in [0.25, 0.3) is 0 Å². The van der Waals surface area contributed by atoms with E-state index in [0.29, 0.717) is 5.92 Å². The van der Waals surface area contributed by atoms with Crippen LogP contribution in [0.15, 0.2) is 28.8 Å². The predicted octanol–water partition coefficient (Wildman–Crippen LogP) is 3.86. The molecule has 0 spiro atoms. The number of aryl methyl sites for hydroxylation is 1. The number of halogens is 1. The lowest BCUT2D eigenvalue weighted by Gasteiger charge is -2.23. The quantitative estimate of drug-likeness (QED) is 0.834. The topological polar surface area (TPSA) is 29.3 Å². The van der Waals surface area contributed by atoms with Crippen LogP contribution in [0.2, 0.25) is 5.02 Å². The first-order chi connectivity index (χ1) is 9.16. The molecule has 1 aromatic carbocycles. The van der Waals surface area contributed by atoms with Crippen LogP contribution >= 0.6 is 11.6 Å². The van der Waals surface area contributed by atoms with Gasteiger partial charge in [-0.15, -0.1) is 0 Å². The molecule has 0 saturated heterocycles. The zero-order valence-corrected chi connectivity index (χ0v) is 11.9. The largest absolute Gasteiger partial charge is 0.346 e. The van der Waals surface area contributed by atoms with Crippen LogP contribution in [0, 0.1) is 0 Å². The number of nitrogens with zero attached hydrogens (tertiary/aromatic N) is 2. The van der Waals surface area contributed by atoms with E-state index >= 15 is 0 Å². The molecular formula is C15H17ClN2O. The van der Waals surface area contributed by atoms with Crippen LogP contribution in [0.1, 0.15) is 35.6 Å². The first-order valence-corrected chi connectivity index (χ1v) is 6.96. The fraction of sp³-hybridized carbons (Fsp3) is 0.400. The molecule has 0 amide bonds. The summed E-state index contributed by atoms with van der Waals surface area (Å²) >= 11 is 5.97. The highest BCUT2D eigenvalue weighted by Gasteiger charge is 2.30. The fourth-order valence-electron chi connectivity index (χ4n) is 2.82. The van der Waals surface area contributed by atoms with Gasteiger partial charge in [-0.2, -0.15) is 0 Å². The van der Waals surface area contributed by atoms with Gasteiger partial charge in [-0.1, -0.05) is 28.9 Å². The molecule has 3 rings (SSSR count). The van der Waals surface area contributed by atoms with Crippen molar-refractivity contribution < 1.29 is 4.52 Å². The second kappa shape index (κ2) is 4.89. The molecule has 0 fully saturated rings. The molecule has 0 radical (unpaired) electrons. The Kier molecular flexibility index (Phi) is 3.23. The first kappa shape index (κ1) is 12.5. The Labute approximate surface area is 118 Å². The average molecular weight is 277 g/mol. The summed E-state index contributed by atoms with van der Waals surface area (Å²) in [6.07, 6.45) is 3.30. The average Bonchev–Trinajstić information content (AvgIpc) is 2.83. The number of aromatic nitrogens is 1. The Morgan fingerprint density at radius 3 is 2.68 bits per heavy atom. The van der Waals surface area contributed by atoms with Crippen molar-refractivity contribution >= 4 is 17.5 Å². The molecule has 1 unspecified atom stereocenters. The molecule has 0 bridgehead atoms. The zero-order valence-electron chi connectivity index (χ0n) is 11.2. The van der Waals surface area contributed by atoms with E-state index in [1.807, 2.05) is 31.1 Å². The van der Waals surface area contributed by atoms with Gasteiger partial charge >= 0.3 is 0 Å². The lowest BCUT2D eigenvalue weighted by atomic mass is 9.81. The van der Waals surface area contributed by atoms with E-state index in [1.54, 1.807) is 0 Å². The molecule has 1 aliphatic carbocycles. The van der Waals surface area contributed by atoms with Crippen molar-refractivity contribution in [3.8, 4) is 0 Å². The van der Waals surface area contributed by atoms with Crippen molar-refractivity contribution in [3.05, 3.63) is 46.1 Å². The molecule has 0 aliphatic heterocycles. The molecular weight excluding hydrogens is 260 g/mol. The van der Waals surface area contributed by atoms with Gasteiger partial charge in [0, 0.05) is 30.6 Å². The molecule has 0 saturated carbocycles. The minimum absolute atomic E-state index is 0.365. The summed E-state index contributed by atoms with van der Waals surface area (Å²) in [6, 6.07) is 8.12. The van der Waals surface area contributed by atoms with E-state index in [-0.39, 0.29) is 0 Å². The van der Waals surface area contributed by atoms with Crippen LogP contribution in [0.3, 0.4) is 0 Å². The number of hydrogen-bond donors (Lipinski definition) is 0. The third-order valence-electron chi connectivity index (χ3n) is 3.72. The summed E-state index contributed by atoms with van der Waals surface area (Å²) in [5, 5.41) is 5.00. The Bertz CT molecular complexity index is 574. The van der Waals surface area contributed by atoms with Crippen molar-refractivity contribution in [1.29, 1.82) is 0 Å². The maximum atomic E-state index is 5.97. The number of fused-ring (bicyclic) bond motifs is 1. The highest BCUT2D eigenvalue weighted by atomic mass is 35.5. The molecule has 3 nitrogen and oxygen atoms in total. The van der Waals surface area contributed by atoms with Gasteiger partial charge in [0.15, 0.2) is 0 Å². The fourth-order valence-corrected chi connectivity index (χ4v) is 2.95. The third kappa shape index (κ3) is 2.23. The number of rotatable bonds is 2. The van der Waals surface area contributed by atoms with Crippen LogP contribution in [-0.2, 0) is 6.42 Å². The maximum Gasteiger partial charge on any atom is 0.230 e. The lowest BCUT2D eigenvalue weighted by Crippen LogP contribution is -2.15. The van der Waals surface area contributed by atoms with E-state index in [1.165, 1.54) is 11.1 Å². The van der Waals surface area contributed by atoms with Crippen LogP contribution in [0.5, 0.6) is 0 Å². The van der Waals surface area contributed by atoms with E-state index in [9.17, 15) is 0 Å². The highest BCUT2D eigenvalue weighted by Crippen LogP contribution is 2.41. The Morgan fingerprint density at radius 2 is 2.00 bits per heavy atom. The Morgan fingerprint density at radius 1 is 1.26 bits per heavy atom. The van der Waals surface area contributed by atoms with Crippen molar-refractivity contribution in [3.63, 3.8) is 0 Å². The van der Waals surface area contributed by atoms with Crippen molar-refractivity contribution in [2.75, 3.05) is 19.0 Å². The molecule has 100 valence electrons. The SMILES string of the molecule is CN(C)c1onc2c1C(c1ccc(Cl)cc1)CCC2. The summed E-state index contributed by atoms with van der Waals surface area (Å²) in [6.45, 7) is 0. The van der Waals surface area contributed by atoms with Crippen LogP contribution < -0.4 is 4.90 Å². The van der Waals surface area contributed by atoms with Gasteiger partial charge in [0.25, 0.3) is 0 Å². The monoisotopic (exact) mass is 276 g/mol. The Hall–Kier alpha value is -1.48. The van der Waals surface area contributed by atoms with Crippen LogP contribution in [0.4, 0.5) is 5.88 Å². The van der Waals surface area contributed by atoms with Crippen molar-refractivity contribution in [2.24, 2.45) is 0 Å². The second-order valence-electron chi connectivity index (χ2n) is 5.24. The number of anilines is 1. The number of benzene rings is 1. The van der Waals surface area contributed by atoms with E-state index in [0.717, 1.165) is 35.9 Å². The smallest absolute Gasteiger partial charge is 0.230 e. The van der Waals surface area contributed by atoms with Gasteiger partial charge in [-0.05, 0) is 37.0 Å². The normalized spacial score (nSPS) is 18.2. The van der Waals surface area contributed by atoms with E-state index < -0.39 is 0 Å². The molecule has 19 heavy (non-hydrogen) atoms. The van der Waals surface area contributed by atoms with Gasteiger partial charge in [0.1, 0.15) is 0 Å². The first-order valence-electron chi connectivity index (χ1n) is 6.58. The predicted molar refractivity (Wildman–Crippen MR) is 77.1 cm³/mol. The number of hydrogen-bond acceptors (Lipinski definition) is 3. The van der Waals surface area contributed by atoms with Gasteiger partial charge in [0.2, 0.25) is 5.88 Å². The maximum absolute atomic E-state index is 5.97. The second-order valence-corrected chi connectivity index (χ2v) is 5.68. The molecule has 1 atom stereocenters. The van der Waals surface area contributed by atoms with Gasteiger partial charge in [-0.3, -0.25) is 0 Å². The molecule has 0 N–H and O–H groups in total. The van der Waals surface area contributed by atoms with E-state index in [4.69, 9.17) is 16.1 Å². The van der Waals surface area contributed by atoms with Crippen molar-refractivity contribution in [1.82, 2.24) is 5.16 Å². The molecule has 1 aromatic heterocycles. The molecule has 4 heteroatoms. The highest BCUT2D eigenvalue weighted by molar-refractivity contribution is 6.30. The minimum atomic E-state index is 0.365. The minimum Gasteiger partial charge on any atom is -0.346 e. The van der Waals surface area contributed by atoms with Crippen LogP contribution in [-0.4, -0.2) is 19.3 Å². The van der Waals surface area contributed by atoms with Gasteiger partial charge < -0.3 is 9.42 Å². The summed E-state index contributed by atoms with van der Waals surface area (Å²) in [7, 11) is 3.99. The summed E-state index contributed by atoms with van der Waals surface area (Å²) in [4.78, 5) is 2.00. The lowest BCUT2D eigenvalue weighted by molar-refractivity contribution is 0.415. The van der Waals surface area contributed by atoms with E-state index in [2.05, 4.69) is 17.3 Å². The molecule has 2 aromatic rings. The standard InChI is InChI=1S/C15H17ClN2O/c1-18(2)15-14-12(4-3-5-13(14)17-19-15)10-6-8-11(16)9-7-10/h6-9,12H,3-5H2,1-2H3.